The van der Waals surface area contributed by atoms with Crippen molar-refractivity contribution in [3.8, 4) is 17.6 Å². The zero-order valence-corrected chi connectivity index (χ0v) is 10.2. The molecule has 0 atom stereocenters. The average Bonchev–Trinajstić information content (AvgIpc) is 2.32. The highest BCUT2D eigenvalue weighted by Crippen LogP contribution is 2.12. The third-order valence-electron chi connectivity index (χ3n) is 1.97. The third kappa shape index (κ3) is 5.62. The monoisotopic (exact) mass is 231 g/mol. The van der Waals surface area contributed by atoms with Crippen LogP contribution in [0.2, 0.25) is 0 Å². The molecule has 90 valence electrons. The van der Waals surface area contributed by atoms with E-state index in [9.17, 15) is 4.79 Å². The van der Waals surface area contributed by atoms with Crippen LogP contribution in [0.3, 0.4) is 0 Å². The van der Waals surface area contributed by atoms with Gasteiger partial charge < -0.3 is 10.1 Å². The zero-order valence-electron chi connectivity index (χ0n) is 10.2. The fourth-order valence-electron chi connectivity index (χ4n) is 1.20. The first kappa shape index (κ1) is 13.1. The lowest BCUT2D eigenvalue weighted by molar-refractivity contribution is -0.118. The maximum Gasteiger partial charge on any atom is 0.217 e. The highest BCUT2D eigenvalue weighted by molar-refractivity contribution is 5.73. The van der Waals surface area contributed by atoms with Crippen molar-refractivity contribution < 1.29 is 9.53 Å². The Morgan fingerprint density at radius 1 is 1.47 bits per heavy atom. The normalized spacial score (nSPS) is 9.06. The molecule has 3 nitrogen and oxygen atoms in total. The lowest BCUT2D eigenvalue weighted by atomic mass is 10.2. The Hall–Kier alpha value is -1.95. The largest absolute Gasteiger partial charge is 0.494 e. The van der Waals surface area contributed by atoms with Crippen LogP contribution in [0.1, 0.15) is 25.8 Å². The molecule has 17 heavy (non-hydrogen) atoms. The number of ether oxygens (including phenoxy) is 1. The minimum atomic E-state index is -0.0701. The van der Waals surface area contributed by atoms with E-state index >= 15 is 0 Å². The second-order valence-corrected chi connectivity index (χ2v) is 3.59. The van der Waals surface area contributed by atoms with Gasteiger partial charge in [0, 0.05) is 12.5 Å². The summed E-state index contributed by atoms with van der Waals surface area (Å²) in [5.41, 5.74) is 0.893. The molecule has 0 unspecified atom stereocenters. The molecule has 1 amide bonds. The van der Waals surface area contributed by atoms with Gasteiger partial charge in [-0.2, -0.15) is 0 Å². The van der Waals surface area contributed by atoms with Crippen LogP contribution in [-0.4, -0.2) is 19.1 Å². The first-order valence-corrected chi connectivity index (χ1v) is 5.68. The smallest absolute Gasteiger partial charge is 0.217 e. The molecule has 1 N–H and O–H groups in total. The zero-order chi connectivity index (χ0) is 12.5. The van der Waals surface area contributed by atoms with Gasteiger partial charge in [0.1, 0.15) is 5.75 Å². The first-order valence-electron chi connectivity index (χ1n) is 5.68. The summed E-state index contributed by atoms with van der Waals surface area (Å²) in [7, 11) is 0. The molecule has 1 aromatic rings. The summed E-state index contributed by atoms with van der Waals surface area (Å²) in [6.07, 6.45) is 0.985. The molecule has 3 heteroatoms. The summed E-state index contributed by atoms with van der Waals surface area (Å²) in [5, 5.41) is 2.62. The van der Waals surface area contributed by atoms with Crippen molar-refractivity contribution in [1.82, 2.24) is 5.32 Å². The molecule has 0 bridgehead atoms. The quantitative estimate of drug-likeness (QED) is 0.804. The summed E-state index contributed by atoms with van der Waals surface area (Å²) in [6, 6.07) is 7.64. The number of carbonyl (C=O) groups is 1. The topological polar surface area (TPSA) is 38.3 Å². The fraction of sp³-hybridized carbons (Fsp3) is 0.357. The van der Waals surface area contributed by atoms with Crippen molar-refractivity contribution in [3.05, 3.63) is 29.8 Å². The van der Waals surface area contributed by atoms with Gasteiger partial charge in [-0.3, -0.25) is 4.79 Å². The number of hydrogen-bond acceptors (Lipinski definition) is 2. The molecule has 0 aliphatic rings. The van der Waals surface area contributed by atoms with Crippen LogP contribution >= 0.6 is 0 Å². The summed E-state index contributed by atoms with van der Waals surface area (Å²) in [5.74, 6) is 6.61. The molecule has 0 spiro atoms. The minimum Gasteiger partial charge on any atom is -0.494 e. The SMILES string of the molecule is CCCOc1cccc(C#CCNC(C)=O)c1. The predicted molar refractivity (Wildman–Crippen MR) is 67.8 cm³/mol. The Morgan fingerprint density at radius 3 is 3.00 bits per heavy atom. The van der Waals surface area contributed by atoms with Crippen LogP contribution in [-0.2, 0) is 4.79 Å². The number of amides is 1. The summed E-state index contributed by atoms with van der Waals surface area (Å²) in [6.45, 7) is 4.62. The Labute approximate surface area is 102 Å². The maximum absolute atomic E-state index is 10.6. The lowest BCUT2D eigenvalue weighted by Crippen LogP contribution is -2.19. The van der Waals surface area contributed by atoms with Gasteiger partial charge in [0.05, 0.1) is 13.2 Å². The number of nitrogens with one attached hydrogen (secondary N) is 1. The van der Waals surface area contributed by atoms with Crippen molar-refractivity contribution in [2.45, 2.75) is 20.3 Å². The van der Waals surface area contributed by atoms with Crippen LogP contribution in [0.4, 0.5) is 0 Å². The van der Waals surface area contributed by atoms with Crippen molar-refractivity contribution >= 4 is 5.91 Å². The van der Waals surface area contributed by atoms with Gasteiger partial charge in [-0.15, -0.1) is 0 Å². The molecule has 0 saturated carbocycles. The van der Waals surface area contributed by atoms with E-state index < -0.39 is 0 Å². The third-order valence-corrected chi connectivity index (χ3v) is 1.97. The van der Waals surface area contributed by atoms with Gasteiger partial charge in [-0.05, 0) is 24.6 Å². The van der Waals surface area contributed by atoms with Gasteiger partial charge in [-0.1, -0.05) is 24.8 Å². The molecule has 1 aromatic carbocycles. The number of carbonyl (C=O) groups excluding carboxylic acids is 1. The average molecular weight is 231 g/mol. The molecule has 0 saturated heterocycles. The summed E-state index contributed by atoms with van der Waals surface area (Å²) < 4.78 is 5.50. The number of benzene rings is 1. The summed E-state index contributed by atoms with van der Waals surface area (Å²) in [4.78, 5) is 10.6. The van der Waals surface area contributed by atoms with E-state index in [1.54, 1.807) is 0 Å². The second-order valence-electron chi connectivity index (χ2n) is 3.59. The van der Waals surface area contributed by atoms with Crippen LogP contribution in [0.25, 0.3) is 0 Å². The van der Waals surface area contributed by atoms with Crippen molar-refractivity contribution in [2.75, 3.05) is 13.2 Å². The van der Waals surface area contributed by atoms with Gasteiger partial charge in [0.2, 0.25) is 5.91 Å². The van der Waals surface area contributed by atoms with Crippen molar-refractivity contribution in [2.24, 2.45) is 0 Å². The number of hydrogen-bond donors (Lipinski definition) is 1. The Kier molecular flexibility index (Phi) is 5.67. The molecule has 0 aliphatic carbocycles. The molecule has 1 rings (SSSR count). The van der Waals surface area contributed by atoms with Gasteiger partial charge in [0.25, 0.3) is 0 Å². The maximum atomic E-state index is 10.6. The minimum absolute atomic E-state index is 0.0701. The molecular formula is C14H17NO2. The van der Waals surface area contributed by atoms with E-state index in [1.807, 2.05) is 24.3 Å². The highest BCUT2D eigenvalue weighted by Gasteiger charge is 1.93. The Bertz CT molecular complexity index is 429. The van der Waals surface area contributed by atoms with E-state index in [0.717, 1.165) is 17.7 Å². The Morgan fingerprint density at radius 2 is 2.29 bits per heavy atom. The van der Waals surface area contributed by atoms with Crippen molar-refractivity contribution in [3.63, 3.8) is 0 Å². The summed E-state index contributed by atoms with van der Waals surface area (Å²) >= 11 is 0. The van der Waals surface area contributed by atoms with Crippen molar-refractivity contribution in [1.29, 1.82) is 0 Å². The van der Waals surface area contributed by atoms with Crippen LogP contribution in [0, 0.1) is 11.8 Å². The highest BCUT2D eigenvalue weighted by atomic mass is 16.5. The molecule has 0 aromatic heterocycles. The Balaban J connectivity index is 2.55. The lowest BCUT2D eigenvalue weighted by Gasteiger charge is -2.03. The first-order chi connectivity index (χ1) is 8.22. The van der Waals surface area contributed by atoms with E-state index in [1.165, 1.54) is 6.92 Å². The fourth-order valence-corrected chi connectivity index (χ4v) is 1.20. The molecule has 0 aliphatic heterocycles. The predicted octanol–water partition coefficient (Wildman–Crippen LogP) is 1.96. The van der Waals surface area contributed by atoms with Crippen LogP contribution < -0.4 is 10.1 Å². The molecular weight excluding hydrogens is 214 g/mol. The molecule has 0 heterocycles. The van der Waals surface area contributed by atoms with E-state index in [0.29, 0.717) is 13.2 Å². The van der Waals surface area contributed by atoms with E-state index in [4.69, 9.17) is 4.74 Å². The van der Waals surface area contributed by atoms with E-state index in [-0.39, 0.29) is 5.91 Å². The molecule has 0 fully saturated rings. The molecule has 0 radical (unpaired) electrons. The second kappa shape index (κ2) is 7.34. The van der Waals surface area contributed by atoms with Gasteiger partial charge >= 0.3 is 0 Å². The van der Waals surface area contributed by atoms with Gasteiger partial charge in [-0.25, -0.2) is 0 Å². The van der Waals surface area contributed by atoms with E-state index in [2.05, 4.69) is 24.1 Å². The van der Waals surface area contributed by atoms with Crippen LogP contribution in [0.15, 0.2) is 24.3 Å². The van der Waals surface area contributed by atoms with Crippen LogP contribution in [0.5, 0.6) is 5.75 Å². The standard InChI is InChI=1S/C14H17NO2/c1-3-10-17-14-8-4-6-13(11-14)7-5-9-15-12(2)16/h4,6,8,11H,3,9-10H2,1-2H3,(H,15,16). The van der Waals surface area contributed by atoms with Gasteiger partial charge in [0.15, 0.2) is 0 Å². The number of rotatable bonds is 4.